The SMILES string of the molecule is CCNC(C)C(O)(C(N)=O)c1ccccc1. The maximum Gasteiger partial charge on any atom is 0.255 e. The first-order valence-electron chi connectivity index (χ1n) is 5.34. The summed E-state index contributed by atoms with van der Waals surface area (Å²) in [5.74, 6) is -0.743. The van der Waals surface area contributed by atoms with Gasteiger partial charge in [-0.15, -0.1) is 0 Å². The van der Waals surface area contributed by atoms with Gasteiger partial charge in [0.15, 0.2) is 5.60 Å². The molecule has 4 heteroatoms. The third-order valence-electron chi connectivity index (χ3n) is 2.73. The van der Waals surface area contributed by atoms with E-state index in [0.29, 0.717) is 12.1 Å². The molecule has 1 aromatic rings. The Labute approximate surface area is 95.5 Å². The average Bonchev–Trinajstić information content (AvgIpc) is 2.29. The zero-order valence-corrected chi connectivity index (χ0v) is 9.60. The molecule has 0 saturated carbocycles. The molecule has 1 amide bonds. The third-order valence-corrected chi connectivity index (χ3v) is 2.73. The molecule has 2 unspecified atom stereocenters. The van der Waals surface area contributed by atoms with Crippen molar-refractivity contribution in [2.24, 2.45) is 5.73 Å². The Morgan fingerprint density at radius 3 is 2.50 bits per heavy atom. The van der Waals surface area contributed by atoms with Crippen molar-refractivity contribution in [3.05, 3.63) is 35.9 Å². The van der Waals surface area contributed by atoms with E-state index in [1.807, 2.05) is 13.0 Å². The molecule has 1 rings (SSSR count). The van der Waals surface area contributed by atoms with Crippen LogP contribution in [0.3, 0.4) is 0 Å². The number of likely N-dealkylation sites (N-methyl/N-ethyl adjacent to an activating group) is 1. The van der Waals surface area contributed by atoms with Crippen LogP contribution in [0.4, 0.5) is 0 Å². The van der Waals surface area contributed by atoms with Gasteiger partial charge in [0.1, 0.15) is 0 Å². The first-order valence-corrected chi connectivity index (χ1v) is 5.34. The molecule has 4 nitrogen and oxygen atoms in total. The van der Waals surface area contributed by atoms with Gasteiger partial charge in [-0.1, -0.05) is 37.3 Å². The van der Waals surface area contributed by atoms with E-state index in [9.17, 15) is 9.90 Å². The van der Waals surface area contributed by atoms with Crippen LogP contribution in [0.1, 0.15) is 19.4 Å². The second-order valence-electron chi connectivity index (χ2n) is 3.78. The molecule has 0 aliphatic heterocycles. The number of nitrogens with one attached hydrogen (secondary N) is 1. The Morgan fingerprint density at radius 1 is 1.50 bits per heavy atom. The van der Waals surface area contributed by atoms with Crippen LogP contribution < -0.4 is 11.1 Å². The van der Waals surface area contributed by atoms with Crippen molar-refractivity contribution in [3.63, 3.8) is 0 Å². The van der Waals surface area contributed by atoms with Gasteiger partial charge in [0.05, 0.1) is 0 Å². The molecule has 0 aliphatic rings. The van der Waals surface area contributed by atoms with Crippen molar-refractivity contribution in [2.45, 2.75) is 25.5 Å². The third kappa shape index (κ3) is 2.23. The lowest BCUT2D eigenvalue weighted by molar-refractivity contribution is -0.140. The lowest BCUT2D eigenvalue weighted by atomic mass is 9.86. The number of carbonyl (C=O) groups excluding carboxylic acids is 1. The Balaban J connectivity index is 3.12. The maximum absolute atomic E-state index is 11.5. The van der Waals surface area contributed by atoms with Crippen molar-refractivity contribution < 1.29 is 9.90 Å². The number of amides is 1. The van der Waals surface area contributed by atoms with Gasteiger partial charge >= 0.3 is 0 Å². The Bertz CT molecular complexity index is 353. The van der Waals surface area contributed by atoms with Crippen molar-refractivity contribution in [2.75, 3.05) is 6.54 Å². The van der Waals surface area contributed by atoms with Gasteiger partial charge in [0, 0.05) is 6.04 Å². The largest absolute Gasteiger partial charge is 0.374 e. The molecule has 2 atom stereocenters. The highest BCUT2D eigenvalue weighted by atomic mass is 16.3. The van der Waals surface area contributed by atoms with Crippen LogP contribution in [0, 0.1) is 0 Å². The van der Waals surface area contributed by atoms with Crippen LogP contribution in [0.2, 0.25) is 0 Å². The molecule has 0 spiro atoms. The molecule has 0 aliphatic carbocycles. The minimum Gasteiger partial charge on any atom is -0.374 e. The van der Waals surface area contributed by atoms with Gasteiger partial charge in [-0.25, -0.2) is 0 Å². The van der Waals surface area contributed by atoms with E-state index >= 15 is 0 Å². The summed E-state index contributed by atoms with van der Waals surface area (Å²) in [6.45, 7) is 4.30. The predicted octanol–water partition coefficient (Wildman–Crippen LogP) is 0.358. The number of aliphatic hydroxyl groups is 1. The Kier molecular flexibility index (Phi) is 4.04. The van der Waals surface area contributed by atoms with Gasteiger partial charge in [0.2, 0.25) is 0 Å². The molecule has 1 aromatic carbocycles. The fourth-order valence-corrected chi connectivity index (χ4v) is 1.75. The van der Waals surface area contributed by atoms with Crippen LogP contribution in [0.5, 0.6) is 0 Å². The molecule has 0 radical (unpaired) electrons. The topological polar surface area (TPSA) is 75.3 Å². The first-order chi connectivity index (χ1) is 7.53. The number of rotatable bonds is 5. The molecule has 88 valence electrons. The van der Waals surface area contributed by atoms with Crippen LogP contribution in [-0.4, -0.2) is 23.6 Å². The summed E-state index contributed by atoms with van der Waals surface area (Å²) in [5.41, 5.74) is 4.15. The molecular weight excluding hydrogens is 204 g/mol. The van der Waals surface area contributed by atoms with E-state index in [4.69, 9.17) is 5.73 Å². The lowest BCUT2D eigenvalue weighted by Gasteiger charge is -2.31. The molecule has 4 N–H and O–H groups in total. The second-order valence-corrected chi connectivity index (χ2v) is 3.78. The van der Waals surface area contributed by atoms with Crippen molar-refractivity contribution in [1.82, 2.24) is 5.32 Å². The standard InChI is InChI=1S/C12H18N2O2/c1-3-14-9(2)12(16,11(13)15)10-7-5-4-6-8-10/h4-9,14,16H,3H2,1-2H3,(H2,13,15). The van der Waals surface area contributed by atoms with E-state index in [1.54, 1.807) is 31.2 Å². The van der Waals surface area contributed by atoms with E-state index in [0.717, 1.165) is 0 Å². The van der Waals surface area contributed by atoms with Gasteiger partial charge < -0.3 is 16.2 Å². The van der Waals surface area contributed by atoms with E-state index in [-0.39, 0.29) is 0 Å². The van der Waals surface area contributed by atoms with Gasteiger partial charge in [-0.2, -0.15) is 0 Å². The number of benzene rings is 1. The number of hydrogen-bond donors (Lipinski definition) is 3. The number of hydrogen-bond acceptors (Lipinski definition) is 3. The minimum atomic E-state index is -1.67. The van der Waals surface area contributed by atoms with E-state index in [1.165, 1.54) is 0 Å². The van der Waals surface area contributed by atoms with Gasteiger partial charge in [-0.05, 0) is 19.0 Å². The number of carbonyl (C=O) groups is 1. The summed E-state index contributed by atoms with van der Waals surface area (Å²) in [6.07, 6.45) is 0. The normalized spacial score (nSPS) is 16.4. The summed E-state index contributed by atoms with van der Waals surface area (Å²) >= 11 is 0. The monoisotopic (exact) mass is 222 g/mol. The molecule has 0 heterocycles. The van der Waals surface area contributed by atoms with Gasteiger partial charge in [-0.3, -0.25) is 4.79 Å². The second kappa shape index (κ2) is 5.09. The molecule has 0 bridgehead atoms. The minimum absolute atomic E-state index is 0.433. The molecular formula is C12H18N2O2. The quantitative estimate of drug-likeness (QED) is 0.673. The highest BCUT2D eigenvalue weighted by Crippen LogP contribution is 2.24. The van der Waals surface area contributed by atoms with Crippen molar-refractivity contribution in [3.8, 4) is 0 Å². The zero-order valence-electron chi connectivity index (χ0n) is 9.60. The first kappa shape index (κ1) is 12.7. The Morgan fingerprint density at radius 2 is 2.06 bits per heavy atom. The molecule has 0 aromatic heterocycles. The van der Waals surface area contributed by atoms with Gasteiger partial charge in [0.25, 0.3) is 5.91 Å². The molecule has 0 fully saturated rings. The zero-order chi connectivity index (χ0) is 12.2. The fourth-order valence-electron chi connectivity index (χ4n) is 1.75. The number of nitrogens with two attached hydrogens (primary N) is 1. The summed E-state index contributed by atoms with van der Waals surface area (Å²) < 4.78 is 0. The van der Waals surface area contributed by atoms with E-state index in [2.05, 4.69) is 5.32 Å². The highest BCUT2D eigenvalue weighted by molar-refractivity contribution is 5.85. The van der Waals surface area contributed by atoms with Crippen LogP contribution in [0.25, 0.3) is 0 Å². The average molecular weight is 222 g/mol. The smallest absolute Gasteiger partial charge is 0.255 e. The highest BCUT2D eigenvalue weighted by Gasteiger charge is 2.41. The molecule has 0 saturated heterocycles. The van der Waals surface area contributed by atoms with Crippen molar-refractivity contribution in [1.29, 1.82) is 0 Å². The van der Waals surface area contributed by atoms with Crippen LogP contribution in [-0.2, 0) is 10.4 Å². The number of primary amides is 1. The van der Waals surface area contributed by atoms with Crippen molar-refractivity contribution >= 4 is 5.91 Å². The predicted molar refractivity (Wildman–Crippen MR) is 62.7 cm³/mol. The van der Waals surface area contributed by atoms with Crippen LogP contribution >= 0.6 is 0 Å². The summed E-state index contributed by atoms with van der Waals surface area (Å²) in [5, 5.41) is 13.4. The lowest BCUT2D eigenvalue weighted by Crippen LogP contribution is -2.54. The summed E-state index contributed by atoms with van der Waals surface area (Å²) in [7, 11) is 0. The maximum atomic E-state index is 11.5. The van der Waals surface area contributed by atoms with Crippen LogP contribution in [0.15, 0.2) is 30.3 Å². The summed E-state index contributed by atoms with van der Waals surface area (Å²) in [6, 6.07) is 8.31. The molecule has 16 heavy (non-hydrogen) atoms. The Hall–Kier alpha value is -1.39. The summed E-state index contributed by atoms with van der Waals surface area (Å²) in [4.78, 5) is 11.5. The fraction of sp³-hybridized carbons (Fsp3) is 0.417. The van der Waals surface area contributed by atoms with E-state index < -0.39 is 17.6 Å².